The van der Waals surface area contributed by atoms with Gasteiger partial charge in [0.05, 0.1) is 6.61 Å². The van der Waals surface area contributed by atoms with Crippen LogP contribution in [0, 0.1) is 0 Å². The normalized spacial score (nSPS) is 15.9. The first-order valence-corrected chi connectivity index (χ1v) is 9.02. The summed E-state index contributed by atoms with van der Waals surface area (Å²) in [6, 6.07) is 0.676. The molecule has 0 saturated heterocycles. The largest absolute Gasteiger partial charge is 0.380 e. The van der Waals surface area contributed by atoms with Gasteiger partial charge in [-0.15, -0.1) is 0 Å². The van der Waals surface area contributed by atoms with Crippen molar-refractivity contribution in [2.45, 2.75) is 45.1 Å². The zero-order chi connectivity index (χ0) is 14.8. The van der Waals surface area contributed by atoms with Gasteiger partial charge in [0.1, 0.15) is 0 Å². The van der Waals surface area contributed by atoms with Crippen molar-refractivity contribution in [1.82, 2.24) is 14.3 Å². The van der Waals surface area contributed by atoms with Crippen LogP contribution >= 0.6 is 0 Å². The van der Waals surface area contributed by atoms with Gasteiger partial charge in [-0.3, -0.25) is 0 Å². The molecule has 0 atom stereocenters. The van der Waals surface area contributed by atoms with E-state index >= 15 is 0 Å². The number of nitrogens with one attached hydrogen (secondary N) is 2. The molecule has 0 aliphatic heterocycles. The molecule has 0 amide bonds. The van der Waals surface area contributed by atoms with Crippen LogP contribution in [-0.4, -0.2) is 58.7 Å². The van der Waals surface area contributed by atoms with Crippen molar-refractivity contribution < 1.29 is 13.2 Å². The number of nitrogens with zero attached hydrogens (tertiary/aromatic N) is 1. The lowest BCUT2D eigenvalue weighted by Gasteiger charge is -2.17. The second-order valence-corrected chi connectivity index (χ2v) is 7.13. The molecule has 6 nitrogen and oxygen atoms in total. The summed E-state index contributed by atoms with van der Waals surface area (Å²) in [7, 11) is -1.75. The molecule has 0 spiro atoms. The molecule has 0 bridgehead atoms. The SMILES string of the molecule is CCCCOCCNS(=O)(=O)N(C)CCCNC1CC1. The van der Waals surface area contributed by atoms with Gasteiger partial charge in [0.25, 0.3) is 10.2 Å². The van der Waals surface area contributed by atoms with Crippen molar-refractivity contribution in [2.75, 3.05) is 39.9 Å². The van der Waals surface area contributed by atoms with Crippen LogP contribution in [0.4, 0.5) is 0 Å². The molecule has 120 valence electrons. The Morgan fingerprint density at radius 1 is 1.20 bits per heavy atom. The quantitative estimate of drug-likeness (QED) is 0.492. The van der Waals surface area contributed by atoms with Crippen LogP contribution in [-0.2, 0) is 14.9 Å². The fourth-order valence-corrected chi connectivity index (χ4v) is 2.65. The van der Waals surface area contributed by atoms with Crippen LogP contribution in [0.15, 0.2) is 0 Å². The topological polar surface area (TPSA) is 70.7 Å². The highest BCUT2D eigenvalue weighted by atomic mass is 32.2. The molecule has 20 heavy (non-hydrogen) atoms. The van der Waals surface area contributed by atoms with Gasteiger partial charge in [0, 0.05) is 32.8 Å². The van der Waals surface area contributed by atoms with E-state index in [4.69, 9.17) is 4.74 Å². The summed E-state index contributed by atoms with van der Waals surface area (Å²) in [5, 5.41) is 3.37. The fourth-order valence-electron chi connectivity index (χ4n) is 1.72. The Hall–Kier alpha value is -0.210. The fraction of sp³-hybridized carbons (Fsp3) is 1.00. The van der Waals surface area contributed by atoms with Crippen LogP contribution in [0.3, 0.4) is 0 Å². The van der Waals surface area contributed by atoms with Gasteiger partial charge in [0.2, 0.25) is 0 Å². The minimum absolute atomic E-state index is 0.330. The van der Waals surface area contributed by atoms with Gasteiger partial charge in [-0.05, 0) is 32.2 Å². The molecule has 0 radical (unpaired) electrons. The maximum Gasteiger partial charge on any atom is 0.279 e. The van der Waals surface area contributed by atoms with E-state index in [1.807, 2.05) is 0 Å². The van der Waals surface area contributed by atoms with E-state index in [0.717, 1.165) is 25.8 Å². The minimum Gasteiger partial charge on any atom is -0.380 e. The van der Waals surface area contributed by atoms with E-state index in [2.05, 4.69) is 17.0 Å². The summed E-state index contributed by atoms with van der Waals surface area (Å²) in [5.74, 6) is 0. The van der Waals surface area contributed by atoms with Crippen LogP contribution in [0.2, 0.25) is 0 Å². The Labute approximate surface area is 123 Å². The molecule has 1 saturated carbocycles. The predicted molar refractivity (Wildman–Crippen MR) is 80.9 cm³/mol. The number of rotatable bonds is 13. The van der Waals surface area contributed by atoms with Crippen molar-refractivity contribution in [3.05, 3.63) is 0 Å². The van der Waals surface area contributed by atoms with E-state index in [0.29, 0.717) is 32.3 Å². The molecule has 0 heterocycles. The zero-order valence-corrected chi connectivity index (χ0v) is 13.5. The summed E-state index contributed by atoms with van der Waals surface area (Å²) in [4.78, 5) is 0. The second kappa shape index (κ2) is 9.68. The van der Waals surface area contributed by atoms with Crippen LogP contribution in [0.1, 0.15) is 39.0 Å². The molecule has 0 aromatic carbocycles. The second-order valence-electron chi connectivity index (χ2n) is 5.27. The predicted octanol–water partition coefficient (Wildman–Crippen LogP) is 0.711. The van der Waals surface area contributed by atoms with Crippen molar-refractivity contribution in [2.24, 2.45) is 0 Å². The first-order chi connectivity index (χ1) is 9.56. The molecule has 1 fully saturated rings. The minimum atomic E-state index is -3.36. The Kier molecular flexibility index (Phi) is 8.63. The summed E-state index contributed by atoms with van der Waals surface area (Å²) in [6.45, 7) is 4.96. The first kappa shape index (κ1) is 17.8. The van der Waals surface area contributed by atoms with Crippen LogP contribution in [0.5, 0.6) is 0 Å². The highest BCUT2D eigenvalue weighted by Crippen LogP contribution is 2.18. The summed E-state index contributed by atoms with van der Waals surface area (Å²) in [5.41, 5.74) is 0. The maximum atomic E-state index is 11.9. The molecule has 0 unspecified atom stereocenters. The molecular formula is C13H29N3O3S. The third-order valence-electron chi connectivity index (χ3n) is 3.24. The monoisotopic (exact) mass is 307 g/mol. The maximum absolute atomic E-state index is 11.9. The van der Waals surface area contributed by atoms with Gasteiger partial charge in [-0.2, -0.15) is 17.4 Å². The number of ether oxygens (including phenoxy) is 1. The van der Waals surface area contributed by atoms with Crippen molar-refractivity contribution in [3.63, 3.8) is 0 Å². The van der Waals surface area contributed by atoms with E-state index in [1.54, 1.807) is 7.05 Å². The van der Waals surface area contributed by atoms with E-state index < -0.39 is 10.2 Å². The van der Waals surface area contributed by atoms with Gasteiger partial charge in [-0.1, -0.05) is 13.3 Å². The first-order valence-electron chi connectivity index (χ1n) is 7.58. The summed E-state index contributed by atoms with van der Waals surface area (Å²) < 4.78 is 33.0. The Morgan fingerprint density at radius 3 is 2.60 bits per heavy atom. The molecule has 1 aliphatic rings. The highest BCUT2D eigenvalue weighted by molar-refractivity contribution is 7.87. The van der Waals surface area contributed by atoms with Crippen molar-refractivity contribution in [3.8, 4) is 0 Å². The zero-order valence-electron chi connectivity index (χ0n) is 12.7. The molecule has 0 aromatic heterocycles. The third kappa shape index (κ3) is 8.16. The lowest BCUT2D eigenvalue weighted by molar-refractivity contribution is 0.136. The Bertz CT molecular complexity index is 345. The number of unbranched alkanes of at least 4 members (excludes halogenated alkanes) is 1. The number of hydrogen-bond acceptors (Lipinski definition) is 4. The van der Waals surface area contributed by atoms with Crippen molar-refractivity contribution >= 4 is 10.2 Å². The average molecular weight is 307 g/mol. The van der Waals surface area contributed by atoms with Gasteiger partial charge >= 0.3 is 0 Å². The lowest BCUT2D eigenvalue weighted by atomic mass is 10.4. The molecule has 0 aromatic rings. The number of hydrogen-bond donors (Lipinski definition) is 2. The Morgan fingerprint density at radius 2 is 1.95 bits per heavy atom. The molecule has 2 N–H and O–H groups in total. The standard InChI is InChI=1S/C13H29N3O3S/c1-3-4-11-19-12-9-15-20(17,18)16(2)10-5-8-14-13-6-7-13/h13-15H,3-12H2,1-2H3. The summed E-state index contributed by atoms with van der Waals surface area (Å²) >= 11 is 0. The molecule has 1 aliphatic carbocycles. The smallest absolute Gasteiger partial charge is 0.279 e. The third-order valence-corrected chi connectivity index (χ3v) is 4.82. The van der Waals surface area contributed by atoms with Crippen molar-refractivity contribution in [1.29, 1.82) is 0 Å². The van der Waals surface area contributed by atoms with E-state index in [-0.39, 0.29) is 0 Å². The molecule has 7 heteroatoms. The Balaban J connectivity index is 2.04. The average Bonchev–Trinajstić information content (AvgIpc) is 3.22. The highest BCUT2D eigenvalue weighted by Gasteiger charge is 2.20. The van der Waals surface area contributed by atoms with Gasteiger partial charge in [0.15, 0.2) is 0 Å². The summed E-state index contributed by atoms with van der Waals surface area (Å²) in [6.07, 6.45) is 5.45. The van der Waals surface area contributed by atoms with Gasteiger partial charge < -0.3 is 10.1 Å². The van der Waals surface area contributed by atoms with Gasteiger partial charge in [-0.25, -0.2) is 0 Å². The van der Waals surface area contributed by atoms with Crippen LogP contribution < -0.4 is 10.0 Å². The molecule has 1 rings (SSSR count). The van der Waals surface area contributed by atoms with E-state index in [9.17, 15) is 8.42 Å². The van der Waals surface area contributed by atoms with E-state index in [1.165, 1.54) is 17.1 Å². The lowest BCUT2D eigenvalue weighted by Crippen LogP contribution is -2.40. The molecular weight excluding hydrogens is 278 g/mol. The van der Waals surface area contributed by atoms with Crippen LogP contribution in [0.25, 0.3) is 0 Å².